The van der Waals surface area contributed by atoms with E-state index in [1.807, 2.05) is 24.3 Å². The van der Waals surface area contributed by atoms with Gasteiger partial charge >= 0.3 is 0 Å². The van der Waals surface area contributed by atoms with Gasteiger partial charge in [-0.3, -0.25) is 14.7 Å². The van der Waals surface area contributed by atoms with Crippen LogP contribution in [0, 0.1) is 5.92 Å². The zero-order valence-electron chi connectivity index (χ0n) is 15.6. The average Bonchev–Trinajstić information content (AvgIpc) is 3.18. The van der Waals surface area contributed by atoms with Gasteiger partial charge in [0, 0.05) is 24.7 Å². The SMILES string of the molecule is COc1cccc([C@@H]2CN(C(=O)c3ccccn3)[C@@H]3C4CCN(CC4)[C@@H]32)c1. The van der Waals surface area contributed by atoms with Gasteiger partial charge in [-0.2, -0.15) is 0 Å². The van der Waals surface area contributed by atoms with Crippen molar-refractivity contribution in [1.29, 1.82) is 0 Å². The Balaban J connectivity index is 1.53. The molecule has 1 aromatic heterocycles. The fraction of sp³-hybridized carbons (Fsp3) is 0.455. The molecule has 0 spiro atoms. The van der Waals surface area contributed by atoms with Gasteiger partial charge in [0.15, 0.2) is 0 Å². The summed E-state index contributed by atoms with van der Waals surface area (Å²) in [5.41, 5.74) is 1.83. The van der Waals surface area contributed by atoms with E-state index in [2.05, 4.69) is 33.0 Å². The zero-order chi connectivity index (χ0) is 18.4. The van der Waals surface area contributed by atoms with Gasteiger partial charge in [-0.05, 0) is 61.7 Å². The van der Waals surface area contributed by atoms with E-state index in [9.17, 15) is 4.79 Å². The minimum atomic E-state index is 0.0738. The first-order valence-corrected chi connectivity index (χ1v) is 9.86. The average molecular weight is 363 g/mol. The van der Waals surface area contributed by atoms with Gasteiger partial charge in [0.1, 0.15) is 11.4 Å². The maximum Gasteiger partial charge on any atom is 0.272 e. The number of likely N-dealkylation sites (tertiary alicyclic amines) is 1. The van der Waals surface area contributed by atoms with Crippen LogP contribution in [0.1, 0.15) is 34.8 Å². The third-order valence-electron chi connectivity index (χ3n) is 6.66. The minimum absolute atomic E-state index is 0.0738. The second-order valence-electron chi connectivity index (χ2n) is 7.91. The summed E-state index contributed by atoms with van der Waals surface area (Å²) in [7, 11) is 1.71. The summed E-state index contributed by atoms with van der Waals surface area (Å²) in [6.45, 7) is 3.06. The summed E-state index contributed by atoms with van der Waals surface area (Å²) in [5, 5.41) is 0. The summed E-state index contributed by atoms with van der Waals surface area (Å²) >= 11 is 0. The standard InChI is InChI=1S/C22H25N3O2/c1-27-17-6-4-5-16(13-17)18-14-25(22(26)19-7-2-3-10-23-19)20-15-8-11-24(12-9-15)21(18)20/h2-7,10,13,15,18,20-21H,8-9,11-12,14H2,1H3/t18-,20+,21+/m0/s1. The van der Waals surface area contributed by atoms with Crippen molar-refractivity contribution < 1.29 is 9.53 Å². The molecule has 2 bridgehead atoms. The van der Waals surface area contributed by atoms with Gasteiger partial charge < -0.3 is 9.64 Å². The lowest BCUT2D eigenvalue weighted by atomic mass is 9.75. The Morgan fingerprint density at radius 1 is 1.11 bits per heavy atom. The van der Waals surface area contributed by atoms with Crippen molar-refractivity contribution in [3.63, 3.8) is 0 Å². The molecule has 4 aliphatic heterocycles. The van der Waals surface area contributed by atoms with Crippen molar-refractivity contribution in [2.45, 2.75) is 30.8 Å². The summed E-state index contributed by atoms with van der Waals surface area (Å²) in [6.07, 6.45) is 4.09. The Hall–Kier alpha value is -2.40. The van der Waals surface area contributed by atoms with Crippen molar-refractivity contribution in [3.05, 3.63) is 59.9 Å². The highest BCUT2D eigenvalue weighted by Crippen LogP contribution is 2.47. The number of carbonyl (C=O) groups excluding carboxylic acids is 1. The largest absolute Gasteiger partial charge is 0.497 e. The Morgan fingerprint density at radius 2 is 1.96 bits per heavy atom. The van der Waals surface area contributed by atoms with Crippen molar-refractivity contribution >= 4 is 5.91 Å². The van der Waals surface area contributed by atoms with E-state index in [1.54, 1.807) is 13.3 Å². The summed E-state index contributed by atoms with van der Waals surface area (Å²) in [6, 6.07) is 14.6. The van der Waals surface area contributed by atoms with Crippen LogP contribution < -0.4 is 4.74 Å². The van der Waals surface area contributed by atoms with Gasteiger partial charge in [0.2, 0.25) is 0 Å². The Kier molecular flexibility index (Phi) is 4.12. The van der Waals surface area contributed by atoms with Crippen LogP contribution in [0.3, 0.4) is 0 Å². The Morgan fingerprint density at radius 3 is 2.70 bits per heavy atom. The first kappa shape index (κ1) is 16.8. The maximum atomic E-state index is 13.3. The van der Waals surface area contributed by atoms with Crippen LogP contribution in [-0.2, 0) is 0 Å². The van der Waals surface area contributed by atoms with Gasteiger partial charge in [0.05, 0.1) is 13.2 Å². The molecule has 1 aromatic carbocycles. The molecule has 3 atom stereocenters. The number of methoxy groups -OCH3 is 1. The molecule has 5 heteroatoms. The molecule has 2 aromatic rings. The van der Waals surface area contributed by atoms with E-state index < -0.39 is 0 Å². The lowest BCUT2D eigenvalue weighted by Gasteiger charge is -2.51. The van der Waals surface area contributed by atoms with Crippen molar-refractivity contribution in [2.75, 3.05) is 26.7 Å². The molecule has 6 rings (SSSR count). The van der Waals surface area contributed by atoms with Crippen LogP contribution in [0.2, 0.25) is 0 Å². The fourth-order valence-electron chi connectivity index (χ4n) is 5.46. The van der Waals surface area contributed by atoms with Crippen molar-refractivity contribution in [1.82, 2.24) is 14.8 Å². The number of benzene rings is 1. The van der Waals surface area contributed by atoms with Crippen LogP contribution >= 0.6 is 0 Å². The number of hydrogen-bond donors (Lipinski definition) is 0. The topological polar surface area (TPSA) is 45.7 Å². The predicted octanol–water partition coefficient (Wildman–Crippen LogP) is 2.79. The first-order valence-electron chi connectivity index (χ1n) is 9.86. The third-order valence-corrected chi connectivity index (χ3v) is 6.66. The highest BCUT2D eigenvalue weighted by atomic mass is 16.5. The molecule has 140 valence electrons. The number of fused-ring (bicyclic) bond motifs is 2. The predicted molar refractivity (Wildman–Crippen MR) is 103 cm³/mol. The second kappa shape index (κ2) is 6.64. The van der Waals surface area contributed by atoms with E-state index in [1.165, 1.54) is 18.4 Å². The smallest absolute Gasteiger partial charge is 0.272 e. The molecule has 0 radical (unpaired) electrons. The fourth-order valence-corrected chi connectivity index (χ4v) is 5.46. The normalized spacial score (nSPS) is 31.6. The highest BCUT2D eigenvalue weighted by Gasteiger charge is 2.54. The molecule has 4 aliphatic rings. The molecular formula is C22H25N3O2. The molecule has 5 heterocycles. The quantitative estimate of drug-likeness (QED) is 0.841. The molecule has 5 nitrogen and oxygen atoms in total. The number of amides is 1. The maximum absolute atomic E-state index is 13.3. The van der Waals surface area contributed by atoms with E-state index in [0.717, 1.165) is 25.4 Å². The molecular weight excluding hydrogens is 338 g/mol. The van der Waals surface area contributed by atoms with E-state index >= 15 is 0 Å². The highest BCUT2D eigenvalue weighted by molar-refractivity contribution is 5.93. The lowest BCUT2D eigenvalue weighted by Crippen LogP contribution is -2.60. The number of rotatable bonds is 3. The van der Waals surface area contributed by atoms with Gasteiger partial charge in [-0.25, -0.2) is 0 Å². The molecule has 1 amide bonds. The Bertz CT molecular complexity index is 832. The zero-order valence-corrected chi connectivity index (χ0v) is 15.6. The van der Waals surface area contributed by atoms with E-state index in [-0.39, 0.29) is 5.91 Å². The van der Waals surface area contributed by atoms with Crippen LogP contribution in [0.5, 0.6) is 5.75 Å². The molecule has 4 fully saturated rings. The Labute approximate surface area is 159 Å². The van der Waals surface area contributed by atoms with Crippen LogP contribution in [0.15, 0.2) is 48.7 Å². The van der Waals surface area contributed by atoms with Crippen LogP contribution in [0.25, 0.3) is 0 Å². The van der Waals surface area contributed by atoms with E-state index in [4.69, 9.17) is 4.74 Å². The number of carbonyl (C=O) groups is 1. The van der Waals surface area contributed by atoms with Gasteiger partial charge in [0.25, 0.3) is 5.91 Å². The van der Waals surface area contributed by atoms with E-state index in [0.29, 0.717) is 29.6 Å². The monoisotopic (exact) mass is 363 g/mol. The summed E-state index contributed by atoms with van der Waals surface area (Å²) in [4.78, 5) is 22.4. The van der Waals surface area contributed by atoms with Crippen molar-refractivity contribution in [3.8, 4) is 5.75 Å². The molecule has 4 saturated heterocycles. The van der Waals surface area contributed by atoms with Crippen LogP contribution in [-0.4, -0.2) is 59.5 Å². The number of ether oxygens (including phenoxy) is 1. The summed E-state index contributed by atoms with van der Waals surface area (Å²) < 4.78 is 5.45. The molecule has 0 aliphatic carbocycles. The molecule has 27 heavy (non-hydrogen) atoms. The minimum Gasteiger partial charge on any atom is -0.497 e. The number of piperidine rings is 3. The second-order valence-corrected chi connectivity index (χ2v) is 7.91. The third kappa shape index (κ3) is 2.72. The summed E-state index contributed by atoms with van der Waals surface area (Å²) in [5.74, 6) is 1.88. The molecule has 0 unspecified atom stereocenters. The van der Waals surface area contributed by atoms with Gasteiger partial charge in [-0.15, -0.1) is 0 Å². The lowest BCUT2D eigenvalue weighted by molar-refractivity contribution is -0.00359. The van der Waals surface area contributed by atoms with Gasteiger partial charge in [-0.1, -0.05) is 18.2 Å². The first-order chi connectivity index (χ1) is 13.3. The number of aromatic nitrogens is 1. The number of nitrogens with zero attached hydrogens (tertiary/aromatic N) is 3. The van der Waals surface area contributed by atoms with Crippen LogP contribution in [0.4, 0.5) is 0 Å². The number of pyridine rings is 1. The molecule has 0 N–H and O–H groups in total. The number of hydrogen-bond acceptors (Lipinski definition) is 4. The molecule has 0 saturated carbocycles. The van der Waals surface area contributed by atoms with Crippen molar-refractivity contribution in [2.24, 2.45) is 5.92 Å².